The largest absolute Gasteiger partial charge is 0.311 e. The number of nitriles is 1. The number of pyridine rings is 1. The third kappa shape index (κ3) is 1.85. The molecule has 1 aliphatic rings. The summed E-state index contributed by atoms with van der Waals surface area (Å²) in [6.07, 6.45) is 6.12. The van der Waals surface area contributed by atoms with Crippen LogP contribution >= 0.6 is 0 Å². The topological polar surface area (TPSA) is 39.9 Å². The summed E-state index contributed by atoms with van der Waals surface area (Å²) >= 11 is 0. The molecule has 1 saturated heterocycles. The second kappa shape index (κ2) is 4.10. The predicted octanol–water partition coefficient (Wildman–Crippen LogP) is 1.74. The van der Waals surface area contributed by atoms with Gasteiger partial charge in [0.05, 0.1) is 0 Å². The van der Waals surface area contributed by atoms with Crippen molar-refractivity contribution in [2.24, 2.45) is 0 Å². The molecule has 0 aliphatic carbocycles. The van der Waals surface area contributed by atoms with Crippen molar-refractivity contribution in [1.82, 2.24) is 9.88 Å². The summed E-state index contributed by atoms with van der Waals surface area (Å²) in [6, 6.07) is 6.04. The average molecular weight is 187 g/mol. The van der Waals surface area contributed by atoms with Gasteiger partial charge in [0.1, 0.15) is 0 Å². The van der Waals surface area contributed by atoms with Crippen LogP contribution in [0.4, 0.5) is 0 Å². The Morgan fingerprint density at radius 2 is 2.14 bits per heavy atom. The molecular weight excluding hydrogens is 174 g/mol. The van der Waals surface area contributed by atoms with Crippen molar-refractivity contribution in [3.05, 3.63) is 30.1 Å². The van der Waals surface area contributed by atoms with Gasteiger partial charge in [-0.15, -0.1) is 0 Å². The van der Waals surface area contributed by atoms with Crippen LogP contribution in [-0.4, -0.2) is 23.0 Å². The van der Waals surface area contributed by atoms with Crippen LogP contribution in [0.3, 0.4) is 0 Å². The molecule has 1 aromatic heterocycles. The third-order valence-corrected chi connectivity index (χ3v) is 2.74. The Morgan fingerprint density at radius 3 is 2.71 bits per heavy atom. The van der Waals surface area contributed by atoms with Crippen LogP contribution in [0, 0.1) is 11.5 Å². The smallest absolute Gasteiger partial charge is 0.179 e. The van der Waals surface area contributed by atoms with Gasteiger partial charge in [0.2, 0.25) is 0 Å². The minimum Gasteiger partial charge on any atom is -0.311 e. The summed E-state index contributed by atoms with van der Waals surface area (Å²) < 4.78 is 0. The first-order chi connectivity index (χ1) is 6.90. The summed E-state index contributed by atoms with van der Waals surface area (Å²) in [5.74, 6) is 0.542. The molecule has 1 aliphatic heterocycles. The number of rotatable bonds is 1. The lowest BCUT2D eigenvalue weighted by atomic mass is 9.93. The molecule has 3 nitrogen and oxygen atoms in total. The van der Waals surface area contributed by atoms with E-state index in [9.17, 15) is 0 Å². The zero-order valence-electron chi connectivity index (χ0n) is 8.06. The van der Waals surface area contributed by atoms with Gasteiger partial charge in [-0.3, -0.25) is 4.98 Å². The summed E-state index contributed by atoms with van der Waals surface area (Å²) in [6.45, 7) is 1.75. The van der Waals surface area contributed by atoms with Crippen molar-refractivity contribution in [2.75, 3.05) is 13.1 Å². The van der Waals surface area contributed by atoms with Crippen molar-refractivity contribution in [3.8, 4) is 6.19 Å². The van der Waals surface area contributed by atoms with Crippen LogP contribution < -0.4 is 0 Å². The van der Waals surface area contributed by atoms with Gasteiger partial charge in [-0.2, -0.15) is 5.26 Å². The fraction of sp³-hybridized carbons (Fsp3) is 0.455. The first-order valence-electron chi connectivity index (χ1n) is 4.96. The molecule has 1 aromatic rings. The summed E-state index contributed by atoms with van der Waals surface area (Å²) in [5.41, 5.74) is 1.17. The number of piperidine rings is 1. The van der Waals surface area contributed by atoms with Gasteiger partial charge < -0.3 is 4.90 Å². The maximum atomic E-state index is 8.71. The molecule has 1 fully saturated rings. The first kappa shape index (κ1) is 9.01. The molecule has 0 bridgehead atoms. The van der Waals surface area contributed by atoms with Crippen molar-refractivity contribution < 1.29 is 0 Å². The number of hydrogen-bond donors (Lipinski definition) is 0. The van der Waals surface area contributed by atoms with E-state index in [1.54, 1.807) is 0 Å². The van der Waals surface area contributed by atoms with Crippen LogP contribution in [0.15, 0.2) is 24.4 Å². The van der Waals surface area contributed by atoms with Gasteiger partial charge in [-0.1, -0.05) is 6.07 Å². The molecule has 0 spiro atoms. The maximum absolute atomic E-state index is 8.71. The van der Waals surface area contributed by atoms with Crippen LogP contribution in [0.2, 0.25) is 0 Å². The summed E-state index contributed by atoms with van der Waals surface area (Å²) in [4.78, 5) is 6.17. The SMILES string of the molecule is N#CN1CCC(c2ccccn2)CC1. The molecule has 0 saturated carbocycles. The van der Waals surface area contributed by atoms with Gasteiger partial charge >= 0.3 is 0 Å². The summed E-state index contributed by atoms with van der Waals surface area (Å²) in [7, 11) is 0. The van der Waals surface area contributed by atoms with Gasteiger partial charge in [-0.05, 0) is 25.0 Å². The van der Waals surface area contributed by atoms with Crippen LogP contribution in [0.1, 0.15) is 24.5 Å². The van der Waals surface area contributed by atoms with E-state index >= 15 is 0 Å². The van der Waals surface area contributed by atoms with E-state index in [0.29, 0.717) is 5.92 Å². The van der Waals surface area contributed by atoms with E-state index < -0.39 is 0 Å². The Balaban J connectivity index is 2.00. The van der Waals surface area contributed by atoms with Crippen molar-refractivity contribution >= 4 is 0 Å². The lowest BCUT2D eigenvalue weighted by Gasteiger charge is -2.27. The van der Waals surface area contributed by atoms with E-state index in [1.165, 1.54) is 5.69 Å². The standard InChI is InChI=1S/C11H13N3/c12-9-14-7-4-10(5-8-14)11-3-1-2-6-13-11/h1-3,6,10H,4-5,7-8H2. The molecular formula is C11H13N3. The first-order valence-corrected chi connectivity index (χ1v) is 4.96. The highest BCUT2D eigenvalue weighted by Gasteiger charge is 2.20. The van der Waals surface area contributed by atoms with E-state index in [-0.39, 0.29) is 0 Å². The second-order valence-electron chi connectivity index (χ2n) is 3.62. The monoisotopic (exact) mass is 187 g/mol. The third-order valence-electron chi connectivity index (χ3n) is 2.74. The van der Waals surface area contributed by atoms with Crippen molar-refractivity contribution in [1.29, 1.82) is 5.26 Å². The molecule has 14 heavy (non-hydrogen) atoms. The summed E-state index contributed by atoms with van der Waals surface area (Å²) in [5, 5.41) is 8.71. The van der Waals surface area contributed by atoms with Crippen LogP contribution in [-0.2, 0) is 0 Å². The van der Waals surface area contributed by atoms with Crippen molar-refractivity contribution in [3.63, 3.8) is 0 Å². The highest BCUT2D eigenvalue weighted by molar-refractivity contribution is 5.10. The molecule has 0 atom stereocenters. The fourth-order valence-corrected chi connectivity index (χ4v) is 1.89. The van der Waals surface area contributed by atoms with Crippen LogP contribution in [0.5, 0.6) is 0 Å². The molecule has 2 heterocycles. The van der Waals surface area contributed by atoms with E-state index in [2.05, 4.69) is 17.2 Å². The highest BCUT2D eigenvalue weighted by atomic mass is 15.1. The lowest BCUT2D eigenvalue weighted by molar-refractivity contribution is 0.293. The fourth-order valence-electron chi connectivity index (χ4n) is 1.89. The van der Waals surface area contributed by atoms with Gasteiger partial charge in [-0.25, -0.2) is 0 Å². The van der Waals surface area contributed by atoms with Gasteiger partial charge in [0.25, 0.3) is 0 Å². The predicted molar refractivity (Wildman–Crippen MR) is 53.4 cm³/mol. The van der Waals surface area contributed by atoms with E-state index in [0.717, 1.165) is 25.9 Å². The highest BCUT2D eigenvalue weighted by Crippen LogP contribution is 2.25. The molecule has 0 amide bonds. The minimum absolute atomic E-state index is 0.542. The molecule has 0 aromatic carbocycles. The Labute approximate surface area is 84.0 Å². The lowest BCUT2D eigenvalue weighted by Crippen LogP contribution is -2.29. The number of hydrogen-bond acceptors (Lipinski definition) is 3. The van der Waals surface area contributed by atoms with Crippen LogP contribution in [0.25, 0.3) is 0 Å². The number of likely N-dealkylation sites (tertiary alicyclic amines) is 1. The Bertz CT molecular complexity index is 320. The average Bonchev–Trinajstić information content (AvgIpc) is 2.30. The normalized spacial score (nSPS) is 17.8. The molecule has 72 valence electrons. The Morgan fingerprint density at radius 1 is 1.36 bits per heavy atom. The zero-order valence-corrected chi connectivity index (χ0v) is 8.06. The van der Waals surface area contributed by atoms with E-state index in [1.807, 2.05) is 23.2 Å². The second-order valence-corrected chi connectivity index (χ2v) is 3.62. The Hall–Kier alpha value is -1.56. The quantitative estimate of drug-likeness (QED) is 0.629. The minimum atomic E-state index is 0.542. The molecule has 3 heteroatoms. The zero-order chi connectivity index (χ0) is 9.80. The number of nitrogens with zero attached hydrogens (tertiary/aromatic N) is 3. The molecule has 0 N–H and O–H groups in total. The maximum Gasteiger partial charge on any atom is 0.179 e. The van der Waals surface area contributed by atoms with Gasteiger partial charge in [0, 0.05) is 30.9 Å². The molecule has 2 rings (SSSR count). The van der Waals surface area contributed by atoms with E-state index in [4.69, 9.17) is 5.26 Å². The number of aromatic nitrogens is 1. The molecule has 0 radical (unpaired) electrons. The van der Waals surface area contributed by atoms with Crippen molar-refractivity contribution in [2.45, 2.75) is 18.8 Å². The Kier molecular flexibility index (Phi) is 2.64. The van der Waals surface area contributed by atoms with Gasteiger partial charge in [0.15, 0.2) is 6.19 Å². The molecule has 0 unspecified atom stereocenters.